The molecule has 0 heterocycles. The maximum Gasteiger partial charge on any atom is 0.241 e. The van der Waals surface area contributed by atoms with E-state index < -0.39 is 15.9 Å². The number of sulfonamides is 1. The van der Waals surface area contributed by atoms with Crippen LogP contribution in [0.3, 0.4) is 0 Å². The van der Waals surface area contributed by atoms with E-state index in [2.05, 4.69) is 10.0 Å². The fourth-order valence-corrected chi connectivity index (χ4v) is 3.83. The van der Waals surface area contributed by atoms with E-state index in [1.165, 1.54) is 13.2 Å². The second-order valence-electron chi connectivity index (χ2n) is 6.26. The van der Waals surface area contributed by atoms with Gasteiger partial charge in [-0.25, -0.2) is 13.1 Å². The zero-order valence-corrected chi connectivity index (χ0v) is 16.5. The third-order valence-corrected chi connectivity index (χ3v) is 5.74. The molecule has 0 fully saturated rings. The average Bonchev–Trinajstić information content (AvgIpc) is 2.58. The molecule has 2 aromatic rings. The predicted molar refractivity (Wildman–Crippen MR) is 102 cm³/mol. The second kappa shape index (κ2) is 7.88. The Morgan fingerprint density at radius 2 is 1.65 bits per heavy atom. The lowest BCUT2D eigenvalue weighted by Crippen LogP contribution is -2.33. The van der Waals surface area contributed by atoms with Crippen LogP contribution in [0.15, 0.2) is 35.2 Å². The number of carbonyl (C=O) groups excluding carboxylic acids is 1. The monoisotopic (exact) mass is 376 g/mol. The first kappa shape index (κ1) is 19.9. The van der Waals surface area contributed by atoms with Crippen LogP contribution in [0.5, 0.6) is 5.75 Å². The Kier molecular flexibility index (Phi) is 6.05. The first-order valence-electron chi connectivity index (χ1n) is 8.16. The highest BCUT2D eigenvalue weighted by molar-refractivity contribution is 7.89. The molecule has 0 unspecified atom stereocenters. The van der Waals surface area contributed by atoms with Crippen LogP contribution in [-0.2, 0) is 14.8 Å². The molecule has 1 amide bonds. The van der Waals surface area contributed by atoms with Crippen molar-refractivity contribution in [3.63, 3.8) is 0 Å². The molecule has 0 aliphatic rings. The van der Waals surface area contributed by atoms with Crippen molar-refractivity contribution in [3.8, 4) is 5.75 Å². The Labute approximate surface area is 154 Å². The number of amides is 1. The highest BCUT2D eigenvalue weighted by atomic mass is 32.2. The van der Waals surface area contributed by atoms with Gasteiger partial charge in [-0.3, -0.25) is 4.79 Å². The van der Waals surface area contributed by atoms with Gasteiger partial charge in [-0.2, -0.15) is 0 Å². The summed E-state index contributed by atoms with van der Waals surface area (Å²) in [5.41, 5.74) is 4.06. The van der Waals surface area contributed by atoms with Gasteiger partial charge in [0, 0.05) is 5.69 Å². The third kappa shape index (κ3) is 4.62. The molecule has 6 nitrogen and oxygen atoms in total. The molecular weight excluding hydrogens is 352 g/mol. The van der Waals surface area contributed by atoms with E-state index in [0.717, 1.165) is 11.1 Å². The lowest BCUT2D eigenvalue weighted by atomic mass is 10.1. The van der Waals surface area contributed by atoms with Gasteiger partial charge in [0.1, 0.15) is 5.75 Å². The number of carbonyl (C=O) groups is 1. The Balaban J connectivity index is 2.09. The maximum absolute atomic E-state index is 12.5. The van der Waals surface area contributed by atoms with Gasteiger partial charge in [0.05, 0.1) is 18.6 Å². The average molecular weight is 376 g/mol. The standard InChI is InChI=1S/C19H24N2O4S/c1-12-6-7-16(8-13(12)2)21-19(22)11-20-26(23,24)18-10-14(3)17(25-5)9-15(18)4/h6-10,20H,11H2,1-5H3,(H,21,22). The molecule has 2 aromatic carbocycles. The van der Waals surface area contributed by atoms with E-state index in [1.807, 2.05) is 26.0 Å². The fraction of sp³-hybridized carbons (Fsp3) is 0.316. The first-order chi connectivity index (χ1) is 12.1. The molecule has 0 atom stereocenters. The fourth-order valence-electron chi connectivity index (χ4n) is 2.54. The number of hydrogen-bond acceptors (Lipinski definition) is 4. The van der Waals surface area contributed by atoms with Crippen LogP contribution in [0.4, 0.5) is 5.69 Å². The quantitative estimate of drug-likeness (QED) is 0.812. The van der Waals surface area contributed by atoms with Crippen molar-refractivity contribution in [1.29, 1.82) is 0 Å². The lowest BCUT2D eigenvalue weighted by Gasteiger charge is -2.13. The van der Waals surface area contributed by atoms with Crippen molar-refractivity contribution in [3.05, 3.63) is 52.6 Å². The summed E-state index contributed by atoms with van der Waals surface area (Å²) < 4.78 is 32.6. The minimum absolute atomic E-state index is 0.134. The molecule has 7 heteroatoms. The zero-order valence-electron chi connectivity index (χ0n) is 15.6. The maximum atomic E-state index is 12.5. The Hall–Kier alpha value is -2.38. The third-order valence-electron chi connectivity index (χ3n) is 4.20. The molecule has 2 rings (SSSR count). The van der Waals surface area contributed by atoms with Gasteiger partial charge in [-0.15, -0.1) is 0 Å². The van der Waals surface area contributed by atoms with E-state index in [9.17, 15) is 13.2 Å². The summed E-state index contributed by atoms with van der Waals surface area (Å²) in [5, 5.41) is 2.69. The summed E-state index contributed by atoms with van der Waals surface area (Å²) in [6, 6.07) is 8.74. The van der Waals surface area contributed by atoms with Crippen LogP contribution in [0.2, 0.25) is 0 Å². The van der Waals surface area contributed by atoms with Crippen molar-refractivity contribution in [2.75, 3.05) is 19.0 Å². The highest BCUT2D eigenvalue weighted by Crippen LogP contribution is 2.25. The Bertz CT molecular complexity index is 937. The molecule has 140 valence electrons. The normalized spacial score (nSPS) is 11.3. The molecule has 26 heavy (non-hydrogen) atoms. The number of anilines is 1. The first-order valence-corrected chi connectivity index (χ1v) is 9.64. The highest BCUT2D eigenvalue weighted by Gasteiger charge is 2.19. The van der Waals surface area contributed by atoms with E-state index in [4.69, 9.17) is 4.74 Å². The minimum Gasteiger partial charge on any atom is -0.496 e. The smallest absolute Gasteiger partial charge is 0.241 e. The number of ether oxygens (including phenoxy) is 1. The molecule has 0 aromatic heterocycles. The summed E-state index contributed by atoms with van der Waals surface area (Å²) in [5.74, 6) is 0.189. The van der Waals surface area contributed by atoms with Crippen LogP contribution in [0.25, 0.3) is 0 Å². The molecule has 2 N–H and O–H groups in total. The number of aryl methyl sites for hydroxylation is 4. The van der Waals surface area contributed by atoms with Gasteiger partial charge < -0.3 is 10.1 Å². The van der Waals surface area contributed by atoms with Crippen LogP contribution < -0.4 is 14.8 Å². The van der Waals surface area contributed by atoms with E-state index in [1.54, 1.807) is 26.0 Å². The van der Waals surface area contributed by atoms with E-state index in [0.29, 0.717) is 22.6 Å². The van der Waals surface area contributed by atoms with E-state index in [-0.39, 0.29) is 11.4 Å². The number of benzene rings is 2. The summed E-state index contributed by atoms with van der Waals surface area (Å²) in [4.78, 5) is 12.2. The number of hydrogen-bond donors (Lipinski definition) is 2. The van der Waals surface area contributed by atoms with Crippen molar-refractivity contribution in [2.45, 2.75) is 32.6 Å². The van der Waals surface area contributed by atoms with Gasteiger partial charge in [-0.05, 0) is 74.2 Å². The van der Waals surface area contributed by atoms with Gasteiger partial charge in [0.15, 0.2) is 0 Å². The van der Waals surface area contributed by atoms with Crippen LogP contribution in [0.1, 0.15) is 22.3 Å². The zero-order chi connectivity index (χ0) is 19.5. The summed E-state index contributed by atoms with van der Waals surface area (Å²) in [7, 11) is -2.27. The molecule has 0 bridgehead atoms. The molecule has 0 aliphatic heterocycles. The number of rotatable bonds is 6. The van der Waals surface area contributed by atoms with Gasteiger partial charge in [0.2, 0.25) is 15.9 Å². The molecule has 0 saturated heterocycles. The Morgan fingerprint density at radius 1 is 0.962 bits per heavy atom. The SMILES string of the molecule is COc1cc(C)c(S(=O)(=O)NCC(=O)Nc2ccc(C)c(C)c2)cc1C. The molecular formula is C19H24N2O4S. The van der Waals surface area contributed by atoms with Crippen molar-refractivity contribution in [1.82, 2.24) is 4.72 Å². The van der Waals surface area contributed by atoms with Gasteiger partial charge in [-0.1, -0.05) is 6.07 Å². The molecule has 0 radical (unpaired) electrons. The summed E-state index contributed by atoms with van der Waals surface area (Å²) >= 11 is 0. The minimum atomic E-state index is -3.81. The van der Waals surface area contributed by atoms with Crippen LogP contribution in [-0.4, -0.2) is 28.0 Å². The predicted octanol–water partition coefficient (Wildman–Crippen LogP) is 2.85. The van der Waals surface area contributed by atoms with Crippen LogP contribution >= 0.6 is 0 Å². The van der Waals surface area contributed by atoms with Crippen LogP contribution in [0, 0.1) is 27.7 Å². The molecule has 0 saturated carbocycles. The lowest BCUT2D eigenvalue weighted by molar-refractivity contribution is -0.115. The van der Waals surface area contributed by atoms with Crippen molar-refractivity contribution >= 4 is 21.6 Å². The topological polar surface area (TPSA) is 84.5 Å². The van der Waals surface area contributed by atoms with Crippen molar-refractivity contribution < 1.29 is 17.9 Å². The van der Waals surface area contributed by atoms with E-state index >= 15 is 0 Å². The van der Waals surface area contributed by atoms with Crippen molar-refractivity contribution in [2.24, 2.45) is 0 Å². The largest absolute Gasteiger partial charge is 0.496 e. The summed E-state index contributed by atoms with van der Waals surface area (Å²) in [6.07, 6.45) is 0. The number of methoxy groups -OCH3 is 1. The van der Waals surface area contributed by atoms with Gasteiger partial charge in [0.25, 0.3) is 0 Å². The van der Waals surface area contributed by atoms with Gasteiger partial charge >= 0.3 is 0 Å². The molecule has 0 spiro atoms. The second-order valence-corrected chi connectivity index (χ2v) is 7.99. The summed E-state index contributed by atoms with van der Waals surface area (Å²) in [6.45, 7) is 7.03. The Morgan fingerprint density at radius 3 is 2.27 bits per heavy atom. The number of nitrogens with one attached hydrogen (secondary N) is 2. The molecule has 0 aliphatic carbocycles.